The van der Waals surface area contributed by atoms with Crippen LogP contribution in [0.4, 0.5) is 11.4 Å². The van der Waals surface area contributed by atoms with Crippen molar-refractivity contribution in [2.24, 2.45) is 0 Å². The number of hydrogen-bond acceptors (Lipinski definition) is 4. The Morgan fingerprint density at radius 3 is 2.50 bits per heavy atom. The Morgan fingerprint density at radius 1 is 1.31 bits per heavy atom. The lowest BCUT2D eigenvalue weighted by molar-refractivity contribution is -0.384. The molecular weight excluding hydrogens is 259 g/mol. The van der Waals surface area contributed by atoms with Crippen molar-refractivity contribution >= 4 is 46.4 Å². The van der Waals surface area contributed by atoms with Crippen LogP contribution in [0.5, 0.6) is 0 Å². The third kappa shape index (κ3) is 1.27. The number of nitro benzene ring substituents is 1. The van der Waals surface area contributed by atoms with Crippen LogP contribution in [0.2, 0.25) is 5.02 Å². The summed E-state index contributed by atoms with van der Waals surface area (Å²) in [6, 6.07) is 2.27. The minimum absolute atomic E-state index is 0.0397. The van der Waals surface area contributed by atoms with Gasteiger partial charge in [-0.2, -0.15) is 0 Å². The quantitative estimate of drug-likeness (QED) is 0.335. The van der Waals surface area contributed by atoms with Crippen LogP contribution in [-0.2, 0) is 4.79 Å². The summed E-state index contributed by atoms with van der Waals surface area (Å²) in [6.45, 7) is 0. The van der Waals surface area contributed by atoms with Gasteiger partial charge in [-0.15, -0.1) is 0 Å². The zero-order valence-electron chi connectivity index (χ0n) is 7.44. The number of carbonyl (C=O) groups excluding carboxylic acids is 2. The summed E-state index contributed by atoms with van der Waals surface area (Å²) >= 11 is 11.2. The molecule has 2 rings (SSSR count). The normalized spacial score (nSPS) is 14.2. The molecule has 8 heteroatoms. The summed E-state index contributed by atoms with van der Waals surface area (Å²) in [6.07, 6.45) is 0. The molecule has 0 spiro atoms. The molecule has 0 radical (unpaired) electrons. The SMILES string of the molecule is O=C1C(=O)N(Cl)c2c([N+](=O)[O-])ccc(Cl)c21. The molecule has 1 aliphatic rings. The summed E-state index contributed by atoms with van der Waals surface area (Å²) in [5, 5.41) is 10.6. The third-order valence-electron chi connectivity index (χ3n) is 2.10. The fourth-order valence-electron chi connectivity index (χ4n) is 1.42. The zero-order chi connectivity index (χ0) is 12.0. The van der Waals surface area contributed by atoms with Gasteiger partial charge in [0.15, 0.2) is 5.69 Å². The van der Waals surface area contributed by atoms with Gasteiger partial charge in [-0.3, -0.25) is 19.7 Å². The summed E-state index contributed by atoms with van der Waals surface area (Å²) < 4.78 is 0.418. The van der Waals surface area contributed by atoms with Gasteiger partial charge in [0, 0.05) is 17.8 Å². The van der Waals surface area contributed by atoms with E-state index in [0.29, 0.717) is 4.42 Å². The van der Waals surface area contributed by atoms with Crippen molar-refractivity contribution in [2.45, 2.75) is 0 Å². The molecule has 1 aliphatic heterocycles. The van der Waals surface area contributed by atoms with Crippen LogP contribution in [0.3, 0.4) is 0 Å². The first kappa shape index (κ1) is 10.8. The highest BCUT2D eigenvalue weighted by atomic mass is 35.5. The molecular formula is C8H2Cl2N2O4. The van der Waals surface area contributed by atoms with Crippen LogP contribution >= 0.6 is 23.4 Å². The molecule has 6 nitrogen and oxygen atoms in total. The second-order valence-corrected chi connectivity index (χ2v) is 3.71. The number of nitrogens with zero attached hydrogens (tertiary/aromatic N) is 2. The molecule has 0 atom stereocenters. The maximum atomic E-state index is 11.4. The molecule has 0 aliphatic carbocycles. The van der Waals surface area contributed by atoms with Gasteiger partial charge in [0.2, 0.25) is 0 Å². The van der Waals surface area contributed by atoms with Crippen molar-refractivity contribution in [3.05, 3.63) is 32.8 Å². The van der Waals surface area contributed by atoms with E-state index < -0.39 is 22.3 Å². The molecule has 1 aromatic rings. The van der Waals surface area contributed by atoms with Crippen LogP contribution in [0.25, 0.3) is 0 Å². The molecule has 0 unspecified atom stereocenters. The molecule has 1 aromatic carbocycles. The van der Waals surface area contributed by atoms with Crippen LogP contribution in [0.15, 0.2) is 12.1 Å². The summed E-state index contributed by atoms with van der Waals surface area (Å²) in [7, 11) is 0. The maximum Gasteiger partial charge on any atom is 0.314 e. The largest absolute Gasteiger partial charge is 0.314 e. The van der Waals surface area contributed by atoms with E-state index in [2.05, 4.69) is 0 Å². The van der Waals surface area contributed by atoms with E-state index >= 15 is 0 Å². The second-order valence-electron chi connectivity index (χ2n) is 2.96. The predicted octanol–water partition coefficient (Wildman–Crippen LogP) is 1.93. The standard InChI is InChI=1S/C8H2Cl2N2O4/c9-3-1-2-4(12(15)16)6-5(3)7(13)8(14)11(6)10/h1-2H. The van der Waals surface area contributed by atoms with Gasteiger partial charge >= 0.3 is 5.91 Å². The van der Waals surface area contributed by atoms with E-state index in [-0.39, 0.29) is 16.3 Å². The average molecular weight is 261 g/mol. The van der Waals surface area contributed by atoms with Gasteiger partial charge in [0.1, 0.15) is 0 Å². The van der Waals surface area contributed by atoms with Gasteiger partial charge in [-0.1, -0.05) is 11.6 Å². The first-order chi connectivity index (χ1) is 7.45. The van der Waals surface area contributed by atoms with Crippen molar-refractivity contribution < 1.29 is 14.5 Å². The number of rotatable bonds is 1. The van der Waals surface area contributed by atoms with Crippen LogP contribution < -0.4 is 4.42 Å². The Hall–Kier alpha value is -1.66. The molecule has 82 valence electrons. The van der Waals surface area contributed by atoms with Crippen molar-refractivity contribution in [2.75, 3.05) is 4.42 Å². The van der Waals surface area contributed by atoms with Crippen molar-refractivity contribution in [1.82, 2.24) is 0 Å². The van der Waals surface area contributed by atoms with E-state index in [1.165, 1.54) is 6.07 Å². The van der Waals surface area contributed by atoms with Crippen molar-refractivity contribution in [3.8, 4) is 0 Å². The van der Waals surface area contributed by atoms with Gasteiger partial charge in [-0.05, 0) is 6.07 Å². The molecule has 0 saturated carbocycles. The Balaban J connectivity index is 2.82. The van der Waals surface area contributed by atoms with E-state index in [4.69, 9.17) is 23.4 Å². The topological polar surface area (TPSA) is 80.5 Å². The highest BCUT2D eigenvalue weighted by molar-refractivity contribution is 6.63. The van der Waals surface area contributed by atoms with E-state index in [9.17, 15) is 19.7 Å². The van der Waals surface area contributed by atoms with Crippen LogP contribution in [0, 0.1) is 10.1 Å². The number of benzene rings is 1. The molecule has 0 bridgehead atoms. The Kier molecular flexibility index (Phi) is 2.32. The fourth-order valence-corrected chi connectivity index (χ4v) is 1.90. The zero-order valence-corrected chi connectivity index (χ0v) is 8.95. The Bertz CT molecular complexity index is 543. The smallest absolute Gasteiger partial charge is 0.283 e. The second kappa shape index (κ2) is 3.43. The molecule has 1 heterocycles. The Labute approximate surface area is 98.6 Å². The number of fused-ring (bicyclic) bond motifs is 1. The Morgan fingerprint density at radius 2 is 1.94 bits per heavy atom. The fraction of sp³-hybridized carbons (Fsp3) is 0. The molecule has 0 aromatic heterocycles. The lowest BCUT2D eigenvalue weighted by Gasteiger charge is -2.05. The molecule has 0 N–H and O–H groups in total. The predicted molar refractivity (Wildman–Crippen MR) is 55.8 cm³/mol. The van der Waals surface area contributed by atoms with Gasteiger partial charge < -0.3 is 0 Å². The number of ketones is 1. The van der Waals surface area contributed by atoms with Crippen molar-refractivity contribution in [3.63, 3.8) is 0 Å². The highest BCUT2D eigenvalue weighted by Crippen LogP contribution is 2.42. The van der Waals surface area contributed by atoms with Crippen LogP contribution in [0.1, 0.15) is 10.4 Å². The molecule has 0 fully saturated rings. The lowest BCUT2D eigenvalue weighted by atomic mass is 10.1. The summed E-state index contributed by atoms with van der Waals surface area (Å²) in [5.74, 6) is -1.99. The number of Topliss-reactive ketones (excluding diaryl/α,β-unsaturated/α-hetero) is 1. The average Bonchev–Trinajstić information content (AvgIpc) is 2.45. The van der Waals surface area contributed by atoms with Gasteiger partial charge in [0.25, 0.3) is 11.5 Å². The monoisotopic (exact) mass is 260 g/mol. The lowest BCUT2D eigenvalue weighted by Crippen LogP contribution is -2.20. The van der Waals surface area contributed by atoms with E-state index in [1.807, 2.05) is 0 Å². The highest BCUT2D eigenvalue weighted by Gasteiger charge is 2.42. The molecule has 1 amide bonds. The molecule has 16 heavy (non-hydrogen) atoms. The number of anilines is 1. The van der Waals surface area contributed by atoms with Crippen LogP contribution in [-0.4, -0.2) is 16.6 Å². The summed E-state index contributed by atoms with van der Waals surface area (Å²) in [4.78, 5) is 32.6. The maximum absolute atomic E-state index is 11.4. The van der Waals surface area contributed by atoms with Gasteiger partial charge in [0.05, 0.1) is 15.5 Å². The third-order valence-corrected chi connectivity index (χ3v) is 2.74. The molecule has 0 saturated heterocycles. The minimum Gasteiger partial charge on any atom is -0.283 e. The summed E-state index contributed by atoms with van der Waals surface area (Å²) in [5.41, 5.74) is -0.932. The first-order valence-electron chi connectivity index (χ1n) is 3.96. The number of hydrogen-bond donors (Lipinski definition) is 0. The van der Waals surface area contributed by atoms with Crippen molar-refractivity contribution in [1.29, 1.82) is 0 Å². The number of carbonyl (C=O) groups is 2. The minimum atomic E-state index is -1.05. The van der Waals surface area contributed by atoms with E-state index in [1.54, 1.807) is 0 Å². The van der Waals surface area contributed by atoms with Gasteiger partial charge in [-0.25, -0.2) is 4.42 Å². The number of amides is 1. The number of halogens is 2. The first-order valence-corrected chi connectivity index (χ1v) is 4.68. The van der Waals surface area contributed by atoms with E-state index in [0.717, 1.165) is 6.07 Å². The number of nitro groups is 1.